The van der Waals surface area contributed by atoms with E-state index in [9.17, 15) is 13.2 Å². The number of nitrogens with one attached hydrogen (secondary N) is 1. The summed E-state index contributed by atoms with van der Waals surface area (Å²) in [7, 11) is -2.49. The first kappa shape index (κ1) is 25.7. The van der Waals surface area contributed by atoms with E-state index in [2.05, 4.69) is 15.3 Å². The molecule has 0 saturated carbocycles. The topological polar surface area (TPSA) is 112 Å². The SMILES string of the molecule is COc1ncc(-c2cc3c4c(ccc3n2S(=O)(=O)c2ccc(C)cc2)[C@H](NC(=O)OC(C)(C)C)CC4)cn1. The van der Waals surface area contributed by atoms with E-state index in [1.807, 2.05) is 39.8 Å². The Bertz CT molecular complexity index is 1620. The minimum absolute atomic E-state index is 0.182. The van der Waals surface area contributed by atoms with Crippen molar-refractivity contribution >= 4 is 27.0 Å². The van der Waals surface area contributed by atoms with Crippen LogP contribution in [-0.2, 0) is 21.2 Å². The molecule has 0 bridgehead atoms. The molecule has 5 rings (SSSR count). The molecule has 2 aromatic heterocycles. The monoisotopic (exact) mass is 534 g/mol. The summed E-state index contributed by atoms with van der Waals surface area (Å²) in [6, 6.07) is 12.3. The van der Waals surface area contributed by atoms with Crippen molar-refractivity contribution in [3.8, 4) is 17.3 Å². The first-order chi connectivity index (χ1) is 18.0. The Hall–Kier alpha value is -3.92. The molecule has 0 unspecified atom stereocenters. The van der Waals surface area contributed by atoms with Gasteiger partial charge in [0.1, 0.15) is 5.60 Å². The van der Waals surface area contributed by atoms with Gasteiger partial charge in [-0.25, -0.2) is 27.2 Å². The quantitative estimate of drug-likeness (QED) is 0.376. The van der Waals surface area contributed by atoms with E-state index >= 15 is 0 Å². The molecule has 1 amide bonds. The summed E-state index contributed by atoms with van der Waals surface area (Å²) in [5.41, 5.74) is 3.84. The van der Waals surface area contributed by atoms with Gasteiger partial charge in [0.15, 0.2) is 0 Å². The van der Waals surface area contributed by atoms with Gasteiger partial charge in [0.25, 0.3) is 10.0 Å². The van der Waals surface area contributed by atoms with Gasteiger partial charge in [0.2, 0.25) is 0 Å². The third kappa shape index (κ3) is 4.71. The van der Waals surface area contributed by atoms with Gasteiger partial charge in [-0.2, -0.15) is 0 Å². The molecule has 198 valence electrons. The maximum Gasteiger partial charge on any atom is 0.408 e. The Morgan fingerprint density at radius 3 is 2.39 bits per heavy atom. The van der Waals surface area contributed by atoms with Crippen LogP contribution in [0.25, 0.3) is 22.2 Å². The zero-order valence-corrected chi connectivity index (χ0v) is 22.8. The number of alkyl carbamates (subject to hydrolysis) is 1. The fourth-order valence-corrected chi connectivity index (χ4v) is 6.34. The average molecular weight is 535 g/mol. The zero-order chi connectivity index (χ0) is 27.2. The Labute approximate surface area is 221 Å². The molecule has 2 heterocycles. The smallest absolute Gasteiger partial charge is 0.408 e. The van der Waals surface area contributed by atoms with Crippen molar-refractivity contribution in [2.45, 2.75) is 57.1 Å². The lowest BCUT2D eigenvalue weighted by molar-refractivity contribution is 0.0503. The highest BCUT2D eigenvalue weighted by molar-refractivity contribution is 7.90. The highest BCUT2D eigenvalue weighted by Gasteiger charge is 2.31. The Balaban J connectivity index is 1.66. The van der Waals surface area contributed by atoms with Crippen LogP contribution in [0, 0.1) is 6.92 Å². The van der Waals surface area contributed by atoms with Crippen LogP contribution in [-0.4, -0.2) is 41.2 Å². The van der Waals surface area contributed by atoms with Crippen molar-refractivity contribution in [1.82, 2.24) is 19.3 Å². The number of hydrogen-bond donors (Lipinski definition) is 1. The van der Waals surface area contributed by atoms with Crippen molar-refractivity contribution in [2.75, 3.05) is 7.11 Å². The molecule has 1 atom stereocenters. The molecule has 4 aromatic rings. The van der Waals surface area contributed by atoms with Crippen LogP contribution in [0.3, 0.4) is 0 Å². The summed E-state index contributed by atoms with van der Waals surface area (Å²) in [5.74, 6) is 0. The third-order valence-electron chi connectivity index (χ3n) is 6.50. The van der Waals surface area contributed by atoms with Gasteiger partial charge in [0, 0.05) is 23.3 Å². The van der Waals surface area contributed by atoms with Gasteiger partial charge in [-0.3, -0.25) is 0 Å². The van der Waals surface area contributed by atoms with Crippen LogP contribution in [0.4, 0.5) is 4.79 Å². The lowest BCUT2D eigenvalue weighted by Gasteiger charge is -2.22. The number of carbonyl (C=O) groups is 1. The molecule has 0 fully saturated rings. The second kappa shape index (κ2) is 9.43. The van der Waals surface area contributed by atoms with Gasteiger partial charge >= 0.3 is 12.1 Å². The molecule has 9 nitrogen and oxygen atoms in total. The van der Waals surface area contributed by atoms with Crippen molar-refractivity contribution in [3.05, 3.63) is 71.5 Å². The molecule has 0 aliphatic heterocycles. The van der Waals surface area contributed by atoms with Gasteiger partial charge in [-0.1, -0.05) is 23.8 Å². The number of aryl methyl sites for hydroxylation is 2. The van der Waals surface area contributed by atoms with Crippen LogP contribution in [0.5, 0.6) is 6.01 Å². The zero-order valence-electron chi connectivity index (χ0n) is 22.0. The Morgan fingerprint density at radius 1 is 1.08 bits per heavy atom. The van der Waals surface area contributed by atoms with Gasteiger partial charge in [-0.05, 0) is 75.9 Å². The minimum atomic E-state index is -3.96. The van der Waals surface area contributed by atoms with E-state index < -0.39 is 21.7 Å². The molecule has 10 heteroatoms. The van der Waals surface area contributed by atoms with E-state index in [1.54, 1.807) is 42.7 Å². The Morgan fingerprint density at radius 2 is 1.76 bits per heavy atom. The predicted octanol–water partition coefficient (Wildman–Crippen LogP) is 5.16. The van der Waals surface area contributed by atoms with Crippen molar-refractivity contribution in [3.63, 3.8) is 0 Å². The number of hydrogen-bond acceptors (Lipinski definition) is 7. The van der Waals surface area contributed by atoms with E-state index in [0.717, 1.165) is 22.1 Å². The largest absolute Gasteiger partial charge is 0.467 e. The van der Waals surface area contributed by atoms with Gasteiger partial charge in [0.05, 0.1) is 29.3 Å². The highest BCUT2D eigenvalue weighted by Crippen LogP contribution is 2.40. The molecule has 1 aliphatic carbocycles. The van der Waals surface area contributed by atoms with Crippen LogP contribution in [0.2, 0.25) is 0 Å². The maximum atomic E-state index is 14.0. The second-order valence-electron chi connectivity index (χ2n) is 10.4. The summed E-state index contributed by atoms with van der Waals surface area (Å²) >= 11 is 0. The van der Waals surface area contributed by atoms with E-state index in [4.69, 9.17) is 9.47 Å². The lowest BCUT2D eigenvalue weighted by atomic mass is 10.0. The fraction of sp³-hybridized carbons (Fsp3) is 0.321. The first-order valence-electron chi connectivity index (χ1n) is 12.3. The van der Waals surface area contributed by atoms with Crippen LogP contribution in [0.15, 0.2) is 59.8 Å². The fourth-order valence-electron chi connectivity index (χ4n) is 4.81. The van der Waals surface area contributed by atoms with Crippen LogP contribution >= 0.6 is 0 Å². The molecule has 0 radical (unpaired) electrons. The molecule has 0 saturated heterocycles. The van der Waals surface area contributed by atoms with Crippen molar-refractivity contribution < 1.29 is 22.7 Å². The lowest BCUT2D eigenvalue weighted by Crippen LogP contribution is -2.34. The number of benzene rings is 2. The van der Waals surface area contributed by atoms with Gasteiger partial charge in [-0.15, -0.1) is 0 Å². The highest BCUT2D eigenvalue weighted by atomic mass is 32.2. The number of carbonyl (C=O) groups excluding carboxylic acids is 1. The second-order valence-corrected chi connectivity index (χ2v) is 12.2. The number of ether oxygens (including phenoxy) is 2. The molecule has 2 aromatic carbocycles. The Kier molecular flexibility index (Phi) is 6.38. The molecule has 38 heavy (non-hydrogen) atoms. The van der Waals surface area contributed by atoms with Crippen molar-refractivity contribution in [1.29, 1.82) is 0 Å². The third-order valence-corrected chi connectivity index (χ3v) is 8.25. The number of nitrogens with zero attached hydrogens (tertiary/aromatic N) is 3. The number of fused-ring (bicyclic) bond motifs is 3. The molecule has 0 spiro atoms. The number of methoxy groups -OCH3 is 1. The van der Waals surface area contributed by atoms with E-state index in [-0.39, 0.29) is 16.9 Å². The average Bonchev–Trinajstić information content (AvgIpc) is 3.45. The normalized spacial score (nSPS) is 15.3. The summed E-state index contributed by atoms with van der Waals surface area (Å²) in [6.45, 7) is 7.37. The number of rotatable bonds is 5. The number of aromatic nitrogens is 3. The standard InChI is InChI=1S/C28H30N4O5S/c1-17-6-8-19(9-7-17)38(34,35)32-24-13-11-21-20(10-12-23(21)31-27(33)37-28(2,3)4)22(24)14-25(32)18-15-29-26(36-5)30-16-18/h6-9,11,13-16,23H,10,12H2,1-5H3,(H,31,33)/t23-/m1/s1. The first-order valence-corrected chi connectivity index (χ1v) is 13.8. The predicted molar refractivity (Wildman–Crippen MR) is 144 cm³/mol. The summed E-state index contributed by atoms with van der Waals surface area (Å²) in [6.07, 6.45) is 3.99. The summed E-state index contributed by atoms with van der Waals surface area (Å²) < 4.78 is 39.9. The van der Waals surface area contributed by atoms with Crippen molar-refractivity contribution in [2.24, 2.45) is 0 Å². The molecular weight excluding hydrogens is 504 g/mol. The minimum Gasteiger partial charge on any atom is -0.467 e. The van der Waals surface area contributed by atoms with E-state index in [1.165, 1.54) is 11.1 Å². The number of amides is 1. The summed E-state index contributed by atoms with van der Waals surface area (Å²) in [5, 5.41) is 3.77. The molecule has 1 aliphatic rings. The van der Waals surface area contributed by atoms with Crippen LogP contribution in [0.1, 0.15) is 49.9 Å². The summed E-state index contributed by atoms with van der Waals surface area (Å²) in [4.78, 5) is 21.0. The van der Waals surface area contributed by atoms with E-state index in [0.29, 0.717) is 29.6 Å². The van der Waals surface area contributed by atoms with Crippen LogP contribution < -0.4 is 10.1 Å². The molecular formula is C28H30N4O5S. The molecule has 1 N–H and O–H groups in total. The maximum absolute atomic E-state index is 14.0. The van der Waals surface area contributed by atoms with Gasteiger partial charge < -0.3 is 14.8 Å².